The van der Waals surface area contributed by atoms with E-state index in [1.165, 1.54) is 7.11 Å². The number of carbonyl (C=O) groups excluding carboxylic acids is 1. The van der Waals surface area contributed by atoms with E-state index in [2.05, 4.69) is 36.5 Å². The molecular weight excluding hydrogens is 288 g/mol. The van der Waals surface area contributed by atoms with Crippen LogP contribution in [-0.4, -0.2) is 35.6 Å². The molecule has 2 N–H and O–H groups in total. The lowest BCUT2D eigenvalue weighted by Gasteiger charge is -2.09. The number of hydrogen-bond donors (Lipinski definition) is 2. The summed E-state index contributed by atoms with van der Waals surface area (Å²) in [5.41, 5.74) is 0. The smallest absolute Gasteiger partial charge is 0.239 e. The highest BCUT2D eigenvalue weighted by Gasteiger charge is 2.07. The van der Waals surface area contributed by atoms with Gasteiger partial charge >= 0.3 is 0 Å². The fourth-order valence-electron chi connectivity index (χ4n) is 1.11. The third-order valence-electron chi connectivity index (χ3n) is 1.76. The Bertz CT molecular complexity index is 398. The number of aromatic nitrogens is 2. The predicted octanol–water partition coefficient (Wildman–Crippen LogP) is 1.18. The average molecular weight is 303 g/mol. The Labute approximate surface area is 108 Å². The van der Waals surface area contributed by atoms with Crippen molar-refractivity contribution in [3.05, 3.63) is 10.7 Å². The molecular formula is C10H15BrN4O2. The van der Waals surface area contributed by atoms with E-state index in [0.717, 1.165) is 0 Å². The van der Waals surface area contributed by atoms with Gasteiger partial charge in [0.25, 0.3) is 0 Å². The minimum atomic E-state index is -0.106. The molecule has 0 fully saturated rings. The summed E-state index contributed by atoms with van der Waals surface area (Å²) in [4.78, 5) is 19.5. The molecule has 1 heterocycles. The van der Waals surface area contributed by atoms with E-state index in [4.69, 9.17) is 4.74 Å². The second-order valence-electron chi connectivity index (χ2n) is 3.63. The van der Waals surface area contributed by atoms with Gasteiger partial charge in [0.05, 0.1) is 24.3 Å². The Hall–Kier alpha value is -1.37. The van der Waals surface area contributed by atoms with Crippen molar-refractivity contribution in [1.82, 2.24) is 15.3 Å². The standard InChI is InChI=1S/C10H15BrN4O2/c1-6(2)14-8(16)5-13-10-12-4-7(11)9(15-10)17-3/h4,6H,5H2,1-3H3,(H,14,16)(H,12,13,15). The van der Waals surface area contributed by atoms with Crippen molar-refractivity contribution in [1.29, 1.82) is 0 Å². The van der Waals surface area contributed by atoms with E-state index >= 15 is 0 Å². The first-order valence-electron chi connectivity index (χ1n) is 5.12. The van der Waals surface area contributed by atoms with E-state index in [0.29, 0.717) is 16.3 Å². The molecule has 0 radical (unpaired) electrons. The van der Waals surface area contributed by atoms with E-state index in [9.17, 15) is 4.79 Å². The number of rotatable bonds is 5. The number of methoxy groups -OCH3 is 1. The third kappa shape index (κ3) is 4.56. The maximum Gasteiger partial charge on any atom is 0.239 e. The molecule has 0 saturated carbocycles. The summed E-state index contributed by atoms with van der Waals surface area (Å²) in [5.74, 6) is 0.668. The summed E-state index contributed by atoms with van der Waals surface area (Å²) in [7, 11) is 1.52. The summed E-state index contributed by atoms with van der Waals surface area (Å²) in [6.45, 7) is 3.93. The highest BCUT2D eigenvalue weighted by molar-refractivity contribution is 9.10. The number of hydrogen-bond acceptors (Lipinski definition) is 5. The summed E-state index contributed by atoms with van der Waals surface area (Å²) < 4.78 is 5.68. The second-order valence-corrected chi connectivity index (χ2v) is 4.48. The second kappa shape index (κ2) is 6.39. The topological polar surface area (TPSA) is 76.1 Å². The quantitative estimate of drug-likeness (QED) is 0.854. The zero-order chi connectivity index (χ0) is 12.8. The van der Waals surface area contributed by atoms with Crippen molar-refractivity contribution >= 4 is 27.8 Å². The van der Waals surface area contributed by atoms with Gasteiger partial charge in [-0.15, -0.1) is 0 Å². The van der Waals surface area contributed by atoms with E-state index in [1.54, 1.807) is 6.20 Å². The molecule has 0 bridgehead atoms. The minimum absolute atomic E-state index is 0.106. The van der Waals surface area contributed by atoms with E-state index in [-0.39, 0.29) is 18.5 Å². The van der Waals surface area contributed by atoms with Gasteiger partial charge in [0, 0.05) is 6.04 Å². The van der Waals surface area contributed by atoms with Gasteiger partial charge in [-0.2, -0.15) is 4.98 Å². The predicted molar refractivity (Wildman–Crippen MR) is 68.1 cm³/mol. The lowest BCUT2D eigenvalue weighted by Crippen LogP contribution is -2.35. The van der Waals surface area contributed by atoms with Crippen LogP contribution in [0.3, 0.4) is 0 Å². The van der Waals surface area contributed by atoms with E-state index in [1.807, 2.05) is 13.8 Å². The van der Waals surface area contributed by atoms with Crippen LogP contribution >= 0.6 is 15.9 Å². The Kier molecular flexibility index (Phi) is 5.14. The Morgan fingerprint density at radius 2 is 2.29 bits per heavy atom. The maximum atomic E-state index is 11.4. The first kappa shape index (κ1) is 13.7. The minimum Gasteiger partial charge on any atom is -0.480 e. The van der Waals surface area contributed by atoms with Gasteiger partial charge < -0.3 is 15.4 Å². The molecule has 0 aliphatic rings. The average Bonchev–Trinajstić information content (AvgIpc) is 2.27. The lowest BCUT2D eigenvalue weighted by molar-refractivity contribution is -0.119. The normalized spacial score (nSPS) is 10.2. The Morgan fingerprint density at radius 3 is 2.88 bits per heavy atom. The molecule has 7 heteroatoms. The molecule has 1 amide bonds. The van der Waals surface area contributed by atoms with Crippen molar-refractivity contribution in [3.8, 4) is 5.88 Å². The van der Waals surface area contributed by atoms with Crippen LogP contribution in [-0.2, 0) is 4.79 Å². The van der Waals surface area contributed by atoms with Gasteiger partial charge in [0.15, 0.2) is 0 Å². The van der Waals surface area contributed by atoms with Crippen molar-refractivity contribution in [3.63, 3.8) is 0 Å². The van der Waals surface area contributed by atoms with Gasteiger partial charge in [-0.3, -0.25) is 4.79 Å². The summed E-state index contributed by atoms with van der Waals surface area (Å²) in [5, 5.41) is 5.57. The van der Waals surface area contributed by atoms with Crippen LogP contribution < -0.4 is 15.4 Å². The van der Waals surface area contributed by atoms with Crippen molar-refractivity contribution in [2.75, 3.05) is 19.0 Å². The summed E-state index contributed by atoms with van der Waals surface area (Å²) in [6, 6.07) is 0.115. The van der Waals surface area contributed by atoms with Crippen molar-refractivity contribution < 1.29 is 9.53 Å². The number of amides is 1. The van der Waals surface area contributed by atoms with Crippen LogP contribution in [0.15, 0.2) is 10.7 Å². The molecule has 1 aromatic heterocycles. The number of halogens is 1. The van der Waals surface area contributed by atoms with Gasteiger partial charge in [-0.1, -0.05) is 0 Å². The zero-order valence-electron chi connectivity index (χ0n) is 9.95. The molecule has 1 aromatic rings. The molecule has 0 saturated heterocycles. The highest BCUT2D eigenvalue weighted by atomic mass is 79.9. The number of nitrogens with one attached hydrogen (secondary N) is 2. The molecule has 0 unspecified atom stereocenters. The third-order valence-corrected chi connectivity index (χ3v) is 2.31. The molecule has 6 nitrogen and oxygen atoms in total. The molecule has 94 valence electrons. The van der Waals surface area contributed by atoms with E-state index < -0.39 is 0 Å². The van der Waals surface area contributed by atoms with Gasteiger partial charge in [-0.05, 0) is 29.8 Å². The van der Waals surface area contributed by atoms with Gasteiger partial charge in [0.2, 0.25) is 17.7 Å². The highest BCUT2D eigenvalue weighted by Crippen LogP contribution is 2.21. The largest absolute Gasteiger partial charge is 0.480 e. The number of carbonyl (C=O) groups is 1. The maximum absolute atomic E-state index is 11.4. The number of anilines is 1. The summed E-state index contributed by atoms with van der Waals surface area (Å²) >= 11 is 3.25. The van der Waals surface area contributed by atoms with Crippen LogP contribution in [0, 0.1) is 0 Å². The Morgan fingerprint density at radius 1 is 1.59 bits per heavy atom. The van der Waals surface area contributed by atoms with Crippen LogP contribution in [0.1, 0.15) is 13.8 Å². The number of nitrogens with zero attached hydrogens (tertiary/aromatic N) is 2. The fraction of sp³-hybridized carbons (Fsp3) is 0.500. The molecule has 17 heavy (non-hydrogen) atoms. The molecule has 0 aliphatic heterocycles. The fourth-order valence-corrected chi connectivity index (χ4v) is 1.47. The van der Waals surface area contributed by atoms with Crippen molar-refractivity contribution in [2.45, 2.75) is 19.9 Å². The van der Waals surface area contributed by atoms with Crippen LogP contribution in [0.2, 0.25) is 0 Å². The molecule has 0 spiro atoms. The lowest BCUT2D eigenvalue weighted by atomic mass is 10.4. The molecule has 0 aliphatic carbocycles. The molecule has 0 atom stereocenters. The molecule has 1 rings (SSSR count). The first-order chi connectivity index (χ1) is 8.02. The zero-order valence-corrected chi connectivity index (χ0v) is 11.5. The summed E-state index contributed by atoms with van der Waals surface area (Å²) in [6.07, 6.45) is 1.56. The molecule has 0 aromatic carbocycles. The van der Waals surface area contributed by atoms with Crippen LogP contribution in [0.4, 0.5) is 5.95 Å². The van der Waals surface area contributed by atoms with Crippen LogP contribution in [0.5, 0.6) is 5.88 Å². The van der Waals surface area contributed by atoms with Gasteiger partial charge in [-0.25, -0.2) is 4.98 Å². The first-order valence-corrected chi connectivity index (χ1v) is 5.92. The SMILES string of the molecule is COc1nc(NCC(=O)NC(C)C)ncc1Br. The van der Waals surface area contributed by atoms with Crippen molar-refractivity contribution in [2.24, 2.45) is 0 Å². The van der Waals surface area contributed by atoms with Crippen LogP contribution in [0.25, 0.3) is 0 Å². The number of ether oxygens (including phenoxy) is 1. The Balaban J connectivity index is 2.55. The van der Waals surface area contributed by atoms with Gasteiger partial charge in [0.1, 0.15) is 0 Å². The monoisotopic (exact) mass is 302 g/mol.